The Morgan fingerprint density at radius 1 is 1.50 bits per heavy atom. The molecule has 1 atom stereocenters. The molecule has 0 radical (unpaired) electrons. The van der Waals surface area contributed by atoms with E-state index in [0.717, 1.165) is 16.9 Å². The molecule has 0 N–H and O–H groups in total. The van der Waals surface area contributed by atoms with Gasteiger partial charge in [-0.2, -0.15) is 0 Å². The van der Waals surface area contributed by atoms with E-state index >= 15 is 0 Å². The number of carbonyl (C=O) groups excluding carboxylic acids is 1. The van der Waals surface area contributed by atoms with Crippen LogP contribution >= 0.6 is 23.4 Å². The summed E-state index contributed by atoms with van der Waals surface area (Å²) in [6.45, 7) is 2.15. The molecule has 0 fully saturated rings. The maximum absolute atomic E-state index is 11.7. The summed E-state index contributed by atoms with van der Waals surface area (Å²) in [5, 5.41) is 1.16. The van der Waals surface area contributed by atoms with Crippen LogP contribution in [0.25, 0.3) is 0 Å². The molecule has 2 rings (SSSR count). The highest BCUT2D eigenvalue weighted by molar-refractivity contribution is 8.00. The fourth-order valence-corrected chi connectivity index (χ4v) is 2.86. The molecule has 1 aliphatic heterocycles. The van der Waals surface area contributed by atoms with E-state index in [-0.39, 0.29) is 5.78 Å². The molecule has 14 heavy (non-hydrogen) atoms. The van der Waals surface area contributed by atoms with Crippen molar-refractivity contribution in [2.75, 3.05) is 0 Å². The van der Waals surface area contributed by atoms with Crippen LogP contribution in [0.5, 0.6) is 0 Å². The summed E-state index contributed by atoms with van der Waals surface area (Å²) in [6, 6.07) is 5.57. The van der Waals surface area contributed by atoms with Crippen LogP contribution in [0, 0.1) is 0 Å². The summed E-state index contributed by atoms with van der Waals surface area (Å²) in [4.78, 5) is 12.8. The number of rotatable bonds is 0. The van der Waals surface area contributed by atoms with Gasteiger partial charge in [0.2, 0.25) is 0 Å². The maximum Gasteiger partial charge on any atom is 0.164 e. The van der Waals surface area contributed by atoms with Gasteiger partial charge in [0.05, 0.1) is 0 Å². The quantitative estimate of drug-likeness (QED) is 0.670. The minimum absolute atomic E-state index is 0.222. The van der Waals surface area contributed by atoms with Crippen LogP contribution in [0.15, 0.2) is 23.1 Å². The number of halogens is 1. The van der Waals surface area contributed by atoms with Gasteiger partial charge in [0.1, 0.15) is 0 Å². The van der Waals surface area contributed by atoms with Crippen LogP contribution < -0.4 is 0 Å². The average Bonchev–Trinajstić information content (AvgIpc) is 2.29. The van der Waals surface area contributed by atoms with Gasteiger partial charge in [-0.25, -0.2) is 0 Å². The second kappa shape index (κ2) is 3.95. The van der Waals surface area contributed by atoms with E-state index in [2.05, 4.69) is 6.92 Å². The molecule has 3 heteroatoms. The van der Waals surface area contributed by atoms with E-state index < -0.39 is 0 Å². The molecule has 1 nitrogen and oxygen atoms in total. The number of hydrogen-bond acceptors (Lipinski definition) is 2. The Bertz CT molecular complexity index is 376. The zero-order chi connectivity index (χ0) is 10.1. The Morgan fingerprint density at radius 3 is 3.07 bits per heavy atom. The van der Waals surface area contributed by atoms with Crippen molar-refractivity contribution in [3.63, 3.8) is 0 Å². The molecule has 0 spiro atoms. The van der Waals surface area contributed by atoms with Gasteiger partial charge in [-0.05, 0) is 24.6 Å². The monoisotopic (exact) mass is 226 g/mol. The van der Waals surface area contributed by atoms with E-state index in [1.165, 1.54) is 0 Å². The molecule has 74 valence electrons. The molecule has 1 aromatic rings. The summed E-state index contributed by atoms with van der Waals surface area (Å²) in [6.07, 6.45) is 1.59. The summed E-state index contributed by atoms with van der Waals surface area (Å²) in [7, 11) is 0. The Labute approximate surface area is 92.8 Å². The first-order chi connectivity index (χ1) is 6.66. The number of fused-ring (bicyclic) bond motifs is 1. The lowest BCUT2D eigenvalue weighted by Crippen LogP contribution is -1.99. The smallest absolute Gasteiger partial charge is 0.164 e. The second-order valence-electron chi connectivity index (χ2n) is 3.53. The summed E-state index contributed by atoms with van der Waals surface area (Å²) < 4.78 is 0. The van der Waals surface area contributed by atoms with Crippen LogP contribution in [0.1, 0.15) is 30.1 Å². The topological polar surface area (TPSA) is 17.1 Å². The Balaban J connectivity index is 2.47. The zero-order valence-corrected chi connectivity index (χ0v) is 9.49. The highest BCUT2D eigenvalue weighted by Crippen LogP contribution is 2.34. The van der Waals surface area contributed by atoms with Gasteiger partial charge in [-0.1, -0.05) is 18.5 Å². The molecule has 0 amide bonds. The largest absolute Gasteiger partial charge is 0.294 e. The number of carbonyl (C=O) groups is 1. The predicted octanol–water partition coefficient (Wildman–Crippen LogP) is 3.80. The molecule has 0 saturated heterocycles. The minimum atomic E-state index is 0.222. The van der Waals surface area contributed by atoms with E-state index in [4.69, 9.17) is 11.6 Å². The van der Waals surface area contributed by atoms with Crippen molar-refractivity contribution in [1.29, 1.82) is 0 Å². The lowest BCUT2D eigenvalue weighted by atomic mass is 10.1. The van der Waals surface area contributed by atoms with Crippen LogP contribution in [0.4, 0.5) is 0 Å². The number of thioether (sulfide) groups is 1. The molecule has 0 bridgehead atoms. The van der Waals surface area contributed by atoms with E-state index in [0.29, 0.717) is 16.7 Å². The van der Waals surface area contributed by atoms with Gasteiger partial charge in [-0.15, -0.1) is 11.8 Å². The molecule has 1 unspecified atom stereocenters. The lowest BCUT2D eigenvalue weighted by molar-refractivity contribution is 0.0978. The van der Waals surface area contributed by atoms with Crippen molar-refractivity contribution in [1.82, 2.24) is 0 Å². The first kappa shape index (κ1) is 10.1. The third-order valence-electron chi connectivity index (χ3n) is 2.35. The van der Waals surface area contributed by atoms with Crippen molar-refractivity contribution in [2.24, 2.45) is 0 Å². The van der Waals surface area contributed by atoms with Crippen molar-refractivity contribution in [2.45, 2.75) is 29.9 Å². The number of Topliss-reactive ketones (excluding diaryl/α,β-unsaturated/α-hetero) is 1. The number of ketones is 1. The van der Waals surface area contributed by atoms with Gasteiger partial charge in [0.25, 0.3) is 0 Å². The maximum atomic E-state index is 11.7. The standard InChI is InChI=1S/C11H11ClOS/c1-7-2-4-10(13)9-6-8(12)3-5-11(9)14-7/h3,5-7H,2,4H2,1H3. The van der Waals surface area contributed by atoms with Crippen molar-refractivity contribution in [3.8, 4) is 0 Å². The fraction of sp³-hybridized carbons (Fsp3) is 0.364. The third-order valence-corrected chi connectivity index (χ3v) is 3.83. The third kappa shape index (κ3) is 1.96. The van der Waals surface area contributed by atoms with Crippen LogP contribution in [0.2, 0.25) is 5.02 Å². The van der Waals surface area contributed by atoms with Crippen molar-refractivity contribution < 1.29 is 4.79 Å². The van der Waals surface area contributed by atoms with E-state index in [9.17, 15) is 4.79 Å². The van der Waals surface area contributed by atoms with Gasteiger partial charge >= 0.3 is 0 Å². The summed E-state index contributed by atoms with van der Waals surface area (Å²) in [5.41, 5.74) is 0.798. The molecule has 1 aliphatic rings. The van der Waals surface area contributed by atoms with Gasteiger partial charge in [-0.3, -0.25) is 4.79 Å². The average molecular weight is 227 g/mol. The molecule has 1 heterocycles. The van der Waals surface area contributed by atoms with Gasteiger partial charge in [0.15, 0.2) is 5.78 Å². The lowest BCUT2D eigenvalue weighted by Gasteiger charge is -2.06. The summed E-state index contributed by atoms with van der Waals surface area (Å²) >= 11 is 7.64. The SMILES string of the molecule is CC1CCC(=O)c2cc(Cl)ccc2S1. The molecule has 0 aromatic heterocycles. The van der Waals surface area contributed by atoms with Crippen LogP contribution in [0.3, 0.4) is 0 Å². The number of hydrogen-bond donors (Lipinski definition) is 0. The van der Waals surface area contributed by atoms with Gasteiger partial charge < -0.3 is 0 Å². The molecular weight excluding hydrogens is 216 g/mol. The Morgan fingerprint density at radius 2 is 2.29 bits per heavy atom. The Kier molecular flexibility index (Phi) is 2.84. The predicted molar refractivity (Wildman–Crippen MR) is 60.3 cm³/mol. The van der Waals surface area contributed by atoms with Crippen molar-refractivity contribution in [3.05, 3.63) is 28.8 Å². The molecule has 0 aliphatic carbocycles. The Hall–Kier alpha value is -0.470. The van der Waals surface area contributed by atoms with Crippen LogP contribution in [-0.4, -0.2) is 11.0 Å². The molecule has 0 saturated carbocycles. The first-order valence-corrected chi connectivity index (χ1v) is 5.92. The minimum Gasteiger partial charge on any atom is -0.294 e. The molecule has 1 aromatic carbocycles. The highest BCUT2D eigenvalue weighted by Gasteiger charge is 2.19. The van der Waals surface area contributed by atoms with E-state index in [1.807, 2.05) is 12.1 Å². The van der Waals surface area contributed by atoms with Crippen molar-refractivity contribution >= 4 is 29.1 Å². The summed E-state index contributed by atoms with van der Waals surface area (Å²) in [5.74, 6) is 0.222. The molecular formula is C11H11ClOS. The van der Waals surface area contributed by atoms with E-state index in [1.54, 1.807) is 17.8 Å². The van der Waals surface area contributed by atoms with Gasteiger partial charge in [0, 0.05) is 27.2 Å². The first-order valence-electron chi connectivity index (χ1n) is 4.66. The number of benzene rings is 1. The van der Waals surface area contributed by atoms with Crippen LogP contribution in [-0.2, 0) is 0 Å². The highest BCUT2D eigenvalue weighted by atomic mass is 35.5. The normalized spacial score (nSPS) is 21.6. The second-order valence-corrected chi connectivity index (χ2v) is 5.45. The zero-order valence-electron chi connectivity index (χ0n) is 7.92. The fourth-order valence-electron chi connectivity index (χ4n) is 1.57.